The van der Waals surface area contributed by atoms with Crippen LogP contribution in [0, 0.1) is 0 Å². The first kappa shape index (κ1) is 6.44. The third kappa shape index (κ3) is 1.62. The summed E-state index contributed by atoms with van der Waals surface area (Å²) in [6, 6.07) is 0. The number of carbonyl (C=O) groups excluding carboxylic acids is 1. The minimum atomic E-state index is -0.688. The average Bonchev–Trinajstić information content (AvgIpc) is 1.88. The van der Waals surface area contributed by atoms with Crippen LogP contribution in [0.4, 0.5) is 0 Å². The maximum absolute atomic E-state index is 10.5. The van der Waals surface area contributed by atoms with Gasteiger partial charge in [-0.15, -0.1) is 0 Å². The predicted octanol–water partition coefficient (Wildman–Crippen LogP) is -0.221. The summed E-state index contributed by atoms with van der Waals surface area (Å²) < 4.78 is 5.65. The molecule has 1 atom stereocenters. The molecule has 0 fully saturated rings. The van der Waals surface area contributed by atoms with Gasteiger partial charge in [-0.1, -0.05) is 4.53 Å². The number of allylic oxidation sites excluding steroid dienone is 1. The van der Waals surface area contributed by atoms with E-state index in [1.165, 1.54) is 12.3 Å². The Morgan fingerprint density at radius 1 is 1.89 bits per heavy atom. The maximum Gasteiger partial charge on any atom is 0.169 e. The van der Waals surface area contributed by atoms with Crippen LogP contribution in [-0.4, -0.2) is 16.7 Å². The normalized spacial score (nSPS) is 26.3. The minimum Gasteiger partial charge on any atom is -0.326 e. The lowest BCUT2D eigenvalue weighted by molar-refractivity contribution is -0.112. The molecule has 0 saturated heterocycles. The molecule has 50 valence electrons. The molecule has 0 aromatic rings. The summed E-state index contributed by atoms with van der Waals surface area (Å²) in [7, 11) is -0.688. The van der Waals surface area contributed by atoms with Gasteiger partial charge in [-0.05, 0) is 6.08 Å². The van der Waals surface area contributed by atoms with Crippen molar-refractivity contribution in [2.24, 2.45) is 4.53 Å². The molecule has 1 rings (SSSR count). The molecule has 2 N–H and O–H groups in total. The molecule has 1 aliphatic rings. The Hall–Kier alpha value is -0.680. The molecule has 0 spiro atoms. The summed E-state index contributed by atoms with van der Waals surface area (Å²) >= 11 is 0. The van der Waals surface area contributed by atoms with Crippen molar-refractivity contribution >= 4 is 16.7 Å². The Bertz CT molecular complexity index is 187. The van der Waals surface area contributed by atoms with E-state index in [-0.39, 0.29) is 11.5 Å². The van der Waals surface area contributed by atoms with Crippen LogP contribution in [0.1, 0.15) is 0 Å². The van der Waals surface area contributed by atoms with Gasteiger partial charge in [0, 0.05) is 17.1 Å². The molecule has 0 saturated carbocycles. The van der Waals surface area contributed by atoms with Gasteiger partial charge in [-0.2, -0.15) is 0 Å². The Morgan fingerprint density at radius 3 is 3.11 bits per heavy atom. The van der Waals surface area contributed by atoms with Gasteiger partial charge in [-0.25, -0.2) is 0 Å². The highest BCUT2D eigenvalue weighted by atomic mass is 32.2. The third-order valence-corrected chi connectivity index (χ3v) is 2.01. The summed E-state index contributed by atoms with van der Waals surface area (Å²) in [5, 5.41) is 8.20. The number of hydrogen-bond donors (Lipinski definition) is 2. The van der Waals surface area contributed by atoms with Crippen molar-refractivity contribution in [1.82, 2.24) is 4.72 Å². The molecule has 4 nitrogen and oxygen atoms in total. The second kappa shape index (κ2) is 2.75. The highest BCUT2D eigenvalue weighted by Gasteiger charge is 2.05. The smallest absolute Gasteiger partial charge is 0.169 e. The van der Waals surface area contributed by atoms with Crippen molar-refractivity contribution in [3.05, 3.63) is 12.3 Å². The largest absolute Gasteiger partial charge is 0.326 e. The van der Waals surface area contributed by atoms with E-state index in [2.05, 4.69) is 9.25 Å². The third-order valence-electron chi connectivity index (χ3n) is 0.851. The number of rotatable bonds is 0. The lowest BCUT2D eigenvalue weighted by Gasteiger charge is -2.06. The molecule has 1 unspecified atom stereocenters. The van der Waals surface area contributed by atoms with Gasteiger partial charge in [0.25, 0.3) is 0 Å². The number of nitrogens with one attached hydrogen (secondary N) is 1. The van der Waals surface area contributed by atoms with Gasteiger partial charge >= 0.3 is 0 Å². The molecule has 9 heavy (non-hydrogen) atoms. The lowest BCUT2D eigenvalue weighted by Crippen LogP contribution is -2.23. The van der Waals surface area contributed by atoms with Gasteiger partial charge in [0.15, 0.2) is 5.78 Å². The van der Waals surface area contributed by atoms with Crippen molar-refractivity contribution < 1.29 is 10.0 Å². The fourth-order valence-corrected chi connectivity index (χ4v) is 1.26. The summed E-state index contributed by atoms with van der Waals surface area (Å²) in [5.41, 5.74) is 0. The van der Waals surface area contributed by atoms with Crippen LogP contribution in [-0.2, 0) is 15.7 Å². The molecule has 0 bridgehead atoms. The SMILES string of the molecule is O=C1C=CNS(=NO)C1. The van der Waals surface area contributed by atoms with Gasteiger partial charge in [0.2, 0.25) is 0 Å². The zero-order valence-corrected chi connectivity index (χ0v) is 5.39. The fourth-order valence-electron chi connectivity index (χ4n) is 0.482. The van der Waals surface area contributed by atoms with Crippen LogP contribution in [0.15, 0.2) is 16.8 Å². The van der Waals surface area contributed by atoms with Crippen molar-refractivity contribution in [3.8, 4) is 0 Å². The quantitative estimate of drug-likeness (QED) is 0.464. The molecular weight excluding hydrogens is 140 g/mol. The first-order valence-electron chi connectivity index (χ1n) is 2.34. The molecule has 5 heteroatoms. The standard InChI is InChI=1S/C4H6N2O2S/c7-4-1-2-5-9(3-4)6-8/h1-2,8H,3H2,(H,5,6). The van der Waals surface area contributed by atoms with E-state index in [4.69, 9.17) is 5.21 Å². The number of nitrogens with zero attached hydrogens (tertiary/aromatic N) is 1. The topological polar surface area (TPSA) is 61.7 Å². The van der Waals surface area contributed by atoms with Crippen molar-refractivity contribution in [1.29, 1.82) is 0 Å². The zero-order chi connectivity index (χ0) is 6.69. The van der Waals surface area contributed by atoms with E-state index in [1.807, 2.05) is 0 Å². The first-order valence-corrected chi connectivity index (χ1v) is 3.69. The van der Waals surface area contributed by atoms with E-state index >= 15 is 0 Å². The van der Waals surface area contributed by atoms with Crippen LogP contribution in [0.25, 0.3) is 0 Å². The van der Waals surface area contributed by atoms with Crippen molar-refractivity contribution in [2.75, 3.05) is 5.75 Å². The fraction of sp³-hybridized carbons (Fsp3) is 0.250. The van der Waals surface area contributed by atoms with Gasteiger partial charge in [0.05, 0.1) is 5.75 Å². The molecule has 0 aliphatic carbocycles. The molecule has 0 amide bonds. The summed E-state index contributed by atoms with van der Waals surface area (Å²) in [6.07, 6.45) is 2.92. The van der Waals surface area contributed by atoms with Gasteiger partial charge in [0.1, 0.15) is 0 Å². The van der Waals surface area contributed by atoms with Crippen LogP contribution in [0.3, 0.4) is 0 Å². The zero-order valence-electron chi connectivity index (χ0n) is 4.57. The highest BCUT2D eigenvalue weighted by Crippen LogP contribution is 1.91. The average molecular weight is 146 g/mol. The summed E-state index contributed by atoms with van der Waals surface area (Å²) in [5.74, 6) is 0.266. The molecule has 1 heterocycles. The van der Waals surface area contributed by atoms with E-state index in [0.717, 1.165) is 0 Å². The Labute approximate surface area is 54.8 Å². The van der Waals surface area contributed by atoms with E-state index < -0.39 is 10.9 Å². The van der Waals surface area contributed by atoms with Crippen molar-refractivity contribution in [2.45, 2.75) is 0 Å². The summed E-state index contributed by atoms with van der Waals surface area (Å²) in [6.45, 7) is 0. The molecule has 0 aromatic carbocycles. The first-order chi connectivity index (χ1) is 4.33. The lowest BCUT2D eigenvalue weighted by atomic mass is 10.4. The van der Waals surface area contributed by atoms with Crippen LogP contribution < -0.4 is 4.72 Å². The van der Waals surface area contributed by atoms with E-state index in [9.17, 15) is 4.79 Å². The second-order valence-electron chi connectivity index (χ2n) is 1.51. The Kier molecular flexibility index (Phi) is 1.96. The van der Waals surface area contributed by atoms with Crippen LogP contribution in [0.5, 0.6) is 0 Å². The van der Waals surface area contributed by atoms with Crippen LogP contribution in [0.2, 0.25) is 0 Å². The van der Waals surface area contributed by atoms with Crippen molar-refractivity contribution in [3.63, 3.8) is 0 Å². The van der Waals surface area contributed by atoms with Gasteiger partial charge < -0.3 is 4.72 Å². The predicted molar refractivity (Wildman–Crippen MR) is 33.7 cm³/mol. The van der Waals surface area contributed by atoms with Gasteiger partial charge in [-0.3, -0.25) is 10.0 Å². The Morgan fingerprint density at radius 2 is 2.67 bits per heavy atom. The second-order valence-corrected chi connectivity index (χ2v) is 2.93. The number of hydrogen-bond acceptors (Lipinski definition) is 2. The van der Waals surface area contributed by atoms with Crippen LogP contribution >= 0.6 is 0 Å². The van der Waals surface area contributed by atoms with E-state index in [1.54, 1.807) is 0 Å². The molecule has 0 aromatic heterocycles. The highest BCUT2D eigenvalue weighted by molar-refractivity contribution is 7.86. The monoisotopic (exact) mass is 146 g/mol. The summed E-state index contributed by atoms with van der Waals surface area (Å²) in [4.78, 5) is 10.5. The maximum atomic E-state index is 10.5. The molecular formula is C4H6N2O2S. The van der Waals surface area contributed by atoms with E-state index in [0.29, 0.717) is 0 Å². The minimum absolute atomic E-state index is 0.00474. The molecule has 1 aliphatic heterocycles. The number of ketones is 1. The Balaban J connectivity index is 2.68. The number of carbonyl (C=O) groups is 1. The molecule has 0 radical (unpaired) electrons.